The number of amides is 1. The molecule has 24 heavy (non-hydrogen) atoms. The van der Waals surface area contributed by atoms with Gasteiger partial charge in [0.2, 0.25) is 10.0 Å². The molecule has 0 radical (unpaired) electrons. The van der Waals surface area contributed by atoms with E-state index in [-0.39, 0.29) is 22.9 Å². The maximum atomic E-state index is 12.5. The summed E-state index contributed by atoms with van der Waals surface area (Å²) in [5.41, 5.74) is 0.223. The quantitative estimate of drug-likeness (QED) is 0.635. The minimum Gasteiger partial charge on any atom is -0.383 e. The third kappa shape index (κ3) is 3.76. The normalized spacial score (nSPS) is 22.0. The summed E-state index contributed by atoms with van der Waals surface area (Å²) in [6.45, 7) is 1.82. The summed E-state index contributed by atoms with van der Waals surface area (Å²) in [6.07, 6.45) is 4.75. The van der Waals surface area contributed by atoms with E-state index in [0.29, 0.717) is 26.2 Å². The maximum absolute atomic E-state index is 12.5. The summed E-state index contributed by atoms with van der Waals surface area (Å²) in [5, 5.41) is 10.3. The Bertz CT molecular complexity index is 685. The molecule has 1 N–H and O–H groups in total. The Balaban J connectivity index is 1.60. The molecule has 2 aliphatic rings. The second kappa shape index (κ2) is 7.16. The highest BCUT2D eigenvalue weighted by molar-refractivity contribution is 7.90. The molecule has 134 valence electrons. The van der Waals surface area contributed by atoms with Gasteiger partial charge in [0.15, 0.2) is 5.69 Å². The van der Waals surface area contributed by atoms with E-state index in [1.807, 2.05) is 0 Å². The lowest BCUT2D eigenvalue weighted by atomic mass is 10.2. The molecule has 9 nitrogen and oxygen atoms in total. The minimum atomic E-state index is -3.18. The summed E-state index contributed by atoms with van der Waals surface area (Å²) in [4.78, 5) is 11.9. The van der Waals surface area contributed by atoms with Gasteiger partial charge in [-0.25, -0.2) is 8.42 Å². The Hall–Kier alpha value is -1.52. The van der Waals surface area contributed by atoms with E-state index in [4.69, 9.17) is 4.74 Å². The predicted octanol–water partition coefficient (Wildman–Crippen LogP) is -0.389. The number of sulfonamides is 1. The fourth-order valence-corrected chi connectivity index (χ4v) is 5.03. The smallest absolute Gasteiger partial charge is 0.273 e. The Morgan fingerprint density at radius 2 is 2.21 bits per heavy atom. The standard InChI is InChI=1S/C14H23N5O4S/c1-23-8-6-15-14(20)13-10-18(17-16-13)9-11-3-2-7-19(11)24(21,22)12-4-5-12/h10-12H,2-9H2,1H3,(H,15,20)/t11-/m0/s1. The Labute approximate surface area is 141 Å². The van der Waals surface area contributed by atoms with Crippen molar-refractivity contribution in [1.82, 2.24) is 24.6 Å². The summed E-state index contributed by atoms with van der Waals surface area (Å²) in [7, 11) is -1.62. The minimum absolute atomic E-state index is 0.110. The molecular formula is C14H23N5O4S. The molecule has 3 rings (SSSR count). The van der Waals surface area contributed by atoms with E-state index in [2.05, 4.69) is 15.6 Å². The van der Waals surface area contributed by atoms with Gasteiger partial charge in [-0.3, -0.25) is 9.48 Å². The third-order valence-electron chi connectivity index (χ3n) is 4.36. The van der Waals surface area contributed by atoms with Gasteiger partial charge in [0.05, 0.1) is 24.6 Å². The molecule has 1 saturated heterocycles. The van der Waals surface area contributed by atoms with Crippen LogP contribution in [-0.4, -0.2) is 71.7 Å². The number of rotatable bonds is 8. The topological polar surface area (TPSA) is 106 Å². The molecule has 1 aromatic rings. The lowest BCUT2D eigenvalue weighted by molar-refractivity contribution is 0.0932. The Morgan fingerprint density at radius 1 is 1.42 bits per heavy atom. The van der Waals surface area contributed by atoms with Crippen molar-refractivity contribution >= 4 is 15.9 Å². The van der Waals surface area contributed by atoms with Crippen LogP contribution in [0, 0.1) is 0 Å². The molecule has 1 atom stereocenters. The van der Waals surface area contributed by atoms with Crippen molar-refractivity contribution in [2.45, 2.75) is 43.5 Å². The van der Waals surface area contributed by atoms with Crippen molar-refractivity contribution < 1.29 is 17.9 Å². The van der Waals surface area contributed by atoms with E-state index in [9.17, 15) is 13.2 Å². The first-order valence-electron chi connectivity index (χ1n) is 8.20. The number of ether oxygens (including phenoxy) is 1. The molecule has 0 unspecified atom stereocenters. The van der Waals surface area contributed by atoms with Crippen LogP contribution in [0.4, 0.5) is 0 Å². The summed E-state index contributed by atoms with van der Waals surface area (Å²) >= 11 is 0. The first kappa shape index (κ1) is 17.3. The zero-order chi connectivity index (χ0) is 17.2. The molecule has 1 amide bonds. The second-order valence-electron chi connectivity index (χ2n) is 6.23. The molecule has 0 spiro atoms. The van der Waals surface area contributed by atoms with Crippen LogP contribution in [-0.2, 0) is 21.3 Å². The van der Waals surface area contributed by atoms with Crippen molar-refractivity contribution in [3.05, 3.63) is 11.9 Å². The molecule has 1 aliphatic heterocycles. The average molecular weight is 357 g/mol. The first-order chi connectivity index (χ1) is 11.5. The van der Waals surface area contributed by atoms with Crippen molar-refractivity contribution in [1.29, 1.82) is 0 Å². The predicted molar refractivity (Wildman–Crippen MR) is 85.9 cm³/mol. The zero-order valence-electron chi connectivity index (χ0n) is 13.7. The number of carbonyl (C=O) groups is 1. The van der Waals surface area contributed by atoms with Gasteiger partial charge in [0.25, 0.3) is 5.91 Å². The summed E-state index contributed by atoms with van der Waals surface area (Å²) < 4.78 is 33.0. The highest BCUT2D eigenvalue weighted by atomic mass is 32.2. The molecule has 1 aliphatic carbocycles. The van der Waals surface area contributed by atoms with Gasteiger partial charge in [-0.1, -0.05) is 5.21 Å². The van der Waals surface area contributed by atoms with Crippen LogP contribution in [0.2, 0.25) is 0 Å². The van der Waals surface area contributed by atoms with Crippen LogP contribution >= 0.6 is 0 Å². The number of methoxy groups -OCH3 is 1. The number of nitrogens with zero attached hydrogens (tertiary/aromatic N) is 4. The van der Waals surface area contributed by atoms with Crippen LogP contribution < -0.4 is 5.32 Å². The maximum Gasteiger partial charge on any atom is 0.273 e. The van der Waals surface area contributed by atoms with Crippen molar-refractivity contribution in [3.63, 3.8) is 0 Å². The number of carbonyl (C=O) groups excluding carboxylic acids is 1. The van der Waals surface area contributed by atoms with Gasteiger partial charge >= 0.3 is 0 Å². The second-order valence-corrected chi connectivity index (χ2v) is 8.39. The van der Waals surface area contributed by atoms with Gasteiger partial charge < -0.3 is 10.1 Å². The summed E-state index contributed by atoms with van der Waals surface area (Å²) in [5.74, 6) is -0.313. The van der Waals surface area contributed by atoms with E-state index >= 15 is 0 Å². The van der Waals surface area contributed by atoms with Crippen molar-refractivity contribution in [2.24, 2.45) is 0 Å². The van der Waals surface area contributed by atoms with Crippen molar-refractivity contribution in [2.75, 3.05) is 26.8 Å². The van der Waals surface area contributed by atoms with Crippen LogP contribution in [0.3, 0.4) is 0 Å². The zero-order valence-corrected chi connectivity index (χ0v) is 14.5. The monoisotopic (exact) mass is 357 g/mol. The molecule has 2 fully saturated rings. The van der Waals surface area contributed by atoms with Gasteiger partial charge in [0, 0.05) is 26.2 Å². The fraction of sp³-hybridized carbons (Fsp3) is 0.786. The summed E-state index contributed by atoms with van der Waals surface area (Å²) in [6, 6.07) is -0.110. The van der Waals surface area contributed by atoms with Gasteiger partial charge in [-0.15, -0.1) is 5.10 Å². The van der Waals surface area contributed by atoms with Crippen molar-refractivity contribution in [3.8, 4) is 0 Å². The highest BCUT2D eigenvalue weighted by Gasteiger charge is 2.44. The molecule has 0 aromatic carbocycles. The Morgan fingerprint density at radius 3 is 2.92 bits per heavy atom. The van der Waals surface area contributed by atoms with E-state index < -0.39 is 10.0 Å². The van der Waals surface area contributed by atoms with Crippen LogP contribution in [0.5, 0.6) is 0 Å². The van der Waals surface area contributed by atoms with Crippen LogP contribution in [0.1, 0.15) is 36.2 Å². The molecule has 1 aromatic heterocycles. The lowest BCUT2D eigenvalue weighted by Crippen LogP contribution is -2.40. The Kier molecular flexibility index (Phi) is 5.16. The van der Waals surface area contributed by atoms with Gasteiger partial charge in [-0.2, -0.15) is 4.31 Å². The van der Waals surface area contributed by atoms with Gasteiger partial charge in [0.1, 0.15) is 0 Å². The van der Waals surface area contributed by atoms with E-state index in [0.717, 1.165) is 25.7 Å². The number of nitrogens with one attached hydrogen (secondary N) is 1. The van der Waals surface area contributed by atoms with E-state index in [1.54, 1.807) is 22.3 Å². The fourth-order valence-electron chi connectivity index (χ4n) is 2.95. The number of hydrogen-bond donors (Lipinski definition) is 1. The molecular weight excluding hydrogens is 334 g/mol. The van der Waals surface area contributed by atoms with Crippen LogP contribution in [0.15, 0.2) is 6.20 Å². The van der Waals surface area contributed by atoms with Crippen LogP contribution in [0.25, 0.3) is 0 Å². The van der Waals surface area contributed by atoms with Gasteiger partial charge in [-0.05, 0) is 25.7 Å². The largest absolute Gasteiger partial charge is 0.383 e. The molecule has 2 heterocycles. The molecule has 1 saturated carbocycles. The first-order valence-corrected chi connectivity index (χ1v) is 9.70. The molecule has 0 bridgehead atoms. The van der Waals surface area contributed by atoms with E-state index in [1.165, 1.54) is 0 Å². The average Bonchev–Trinajstić information content (AvgIpc) is 3.15. The highest BCUT2D eigenvalue weighted by Crippen LogP contribution is 2.35. The number of hydrogen-bond acceptors (Lipinski definition) is 6. The lowest BCUT2D eigenvalue weighted by Gasteiger charge is -2.23. The number of aromatic nitrogens is 3. The molecule has 10 heteroatoms. The SMILES string of the molecule is COCCNC(=O)c1cn(C[C@@H]2CCCN2S(=O)(=O)C2CC2)nn1. The third-order valence-corrected chi connectivity index (χ3v) is 6.80.